The number of nitrogens with zero attached hydrogens (tertiary/aromatic N) is 1. The molecule has 7 nitrogen and oxygen atoms in total. The van der Waals surface area contributed by atoms with Crippen LogP contribution in [0.4, 0.5) is 5.69 Å². The van der Waals surface area contributed by atoms with Crippen molar-refractivity contribution in [2.45, 2.75) is 13.8 Å². The Morgan fingerprint density at radius 1 is 1.04 bits per heavy atom. The van der Waals surface area contributed by atoms with Crippen LogP contribution in [-0.2, 0) is 9.59 Å². The van der Waals surface area contributed by atoms with Gasteiger partial charge in [-0.1, -0.05) is 30.3 Å². The fourth-order valence-corrected chi connectivity index (χ4v) is 2.07. The first-order chi connectivity index (χ1) is 11.9. The van der Waals surface area contributed by atoms with Crippen molar-refractivity contribution in [3.8, 4) is 0 Å². The first-order valence-corrected chi connectivity index (χ1v) is 7.42. The van der Waals surface area contributed by atoms with Crippen LogP contribution in [0.1, 0.15) is 27.0 Å². The van der Waals surface area contributed by atoms with Gasteiger partial charge in [-0.25, -0.2) is 10.2 Å². The third kappa shape index (κ3) is 4.74. The number of benzene rings is 2. The zero-order chi connectivity index (χ0) is 18.4. The van der Waals surface area contributed by atoms with Crippen molar-refractivity contribution < 1.29 is 19.5 Å². The van der Waals surface area contributed by atoms with Gasteiger partial charge in [0.05, 0.1) is 11.8 Å². The average molecular weight is 339 g/mol. The summed E-state index contributed by atoms with van der Waals surface area (Å²) in [5, 5.41) is 15.2. The van der Waals surface area contributed by atoms with E-state index in [0.717, 1.165) is 11.1 Å². The maximum atomic E-state index is 11.9. The number of carbonyl (C=O) groups excluding carboxylic acids is 2. The van der Waals surface area contributed by atoms with E-state index in [2.05, 4.69) is 15.8 Å². The molecule has 0 saturated carbocycles. The zero-order valence-corrected chi connectivity index (χ0v) is 13.7. The van der Waals surface area contributed by atoms with E-state index in [1.54, 1.807) is 18.2 Å². The quantitative estimate of drug-likeness (QED) is 0.450. The summed E-state index contributed by atoms with van der Waals surface area (Å²) in [4.78, 5) is 34.8. The van der Waals surface area contributed by atoms with Crippen molar-refractivity contribution in [3.05, 3.63) is 64.7 Å². The molecule has 0 aliphatic rings. The van der Waals surface area contributed by atoms with Gasteiger partial charge in [-0.2, -0.15) is 5.10 Å². The van der Waals surface area contributed by atoms with Gasteiger partial charge in [0, 0.05) is 11.3 Å². The lowest BCUT2D eigenvalue weighted by Gasteiger charge is -2.08. The second-order valence-electron chi connectivity index (χ2n) is 5.36. The molecule has 2 amide bonds. The first-order valence-electron chi connectivity index (χ1n) is 7.42. The SMILES string of the molecule is Cc1ccc(C)c(NC(=O)C(=O)NN=Cc2ccccc2C(=O)O)c1. The van der Waals surface area contributed by atoms with Gasteiger partial charge in [-0.05, 0) is 37.1 Å². The number of hydrazone groups is 1. The summed E-state index contributed by atoms with van der Waals surface area (Å²) >= 11 is 0. The monoisotopic (exact) mass is 339 g/mol. The van der Waals surface area contributed by atoms with Crippen molar-refractivity contribution in [2.24, 2.45) is 5.10 Å². The number of amides is 2. The predicted octanol–water partition coefficient (Wildman–Crippen LogP) is 2.09. The molecule has 2 aromatic carbocycles. The maximum absolute atomic E-state index is 11.9. The van der Waals surface area contributed by atoms with Crippen LogP contribution in [0, 0.1) is 13.8 Å². The van der Waals surface area contributed by atoms with E-state index in [-0.39, 0.29) is 5.56 Å². The molecular formula is C18H17N3O4. The van der Waals surface area contributed by atoms with Crippen molar-refractivity contribution in [3.63, 3.8) is 0 Å². The van der Waals surface area contributed by atoms with Gasteiger partial charge in [0.1, 0.15) is 0 Å². The number of anilines is 1. The van der Waals surface area contributed by atoms with Crippen molar-refractivity contribution >= 4 is 29.7 Å². The highest BCUT2D eigenvalue weighted by Gasteiger charge is 2.14. The van der Waals surface area contributed by atoms with Crippen LogP contribution in [0.2, 0.25) is 0 Å². The number of carboxylic acid groups (broad SMARTS) is 1. The molecule has 0 aromatic heterocycles. The fraction of sp³-hybridized carbons (Fsp3) is 0.111. The number of hydrogen-bond acceptors (Lipinski definition) is 4. The highest BCUT2D eigenvalue weighted by molar-refractivity contribution is 6.39. The molecule has 0 spiro atoms. The number of nitrogens with one attached hydrogen (secondary N) is 2. The zero-order valence-electron chi connectivity index (χ0n) is 13.7. The molecule has 2 rings (SSSR count). The van der Waals surface area contributed by atoms with E-state index in [4.69, 9.17) is 5.11 Å². The van der Waals surface area contributed by atoms with Gasteiger partial charge in [-0.15, -0.1) is 0 Å². The van der Waals surface area contributed by atoms with E-state index < -0.39 is 17.8 Å². The Kier molecular flexibility index (Phi) is 5.62. The summed E-state index contributed by atoms with van der Waals surface area (Å²) in [6.45, 7) is 3.69. The second kappa shape index (κ2) is 7.87. The molecule has 2 aromatic rings. The number of hydrogen-bond donors (Lipinski definition) is 3. The second-order valence-corrected chi connectivity index (χ2v) is 5.36. The Bertz CT molecular complexity index is 859. The van der Waals surface area contributed by atoms with Crippen LogP contribution in [0.5, 0.6) is 0 Å². The van der Waals surface area contributed by atoms with Crippen molar-refractivity contribution in [2.75, 3.05) is 5.32 Å². The van der Waals surface area contributed by atoms with Crippen molar-refractivity contribution in [1.29, 1.82) is 0 Å². The summed E-state index contributed by atoms with van der Waals surface area (Å²) in [6.07, 6.45) is 1.17. The molecule has 7 heteroatoms. The summed E-state index contributed by atoms with van der Waals surface area (Å²) < 4.78 is 0. The molecule has 0 heterocycles. The smallest absolute Gasteiger partial charge is 0.336 e. The Labute approximate surface area is 144 Å². The lowest BCUT2D eigenvalue weighted by atomic mass is 10.1. The molecule has 0 saturated heterocycles. The molecule has 0 unspecified atom stereocenters. The number of carbonyl (C=O) groups is 3. The lowest BCUT2D eigenvalue weighted by molar-refractivity contribution is -0.136. The number of rotatable bonds is 4. The van der Waals surface area contributed by atoms with Gasteiger partial charge in [0.15, 0.2) is 0 Å². The molecule has 0 bridgehead atoms. The molecule has 0 aliphatic heterocycles. The van der Waals surface area contributed by atoms with Crippen molar-refractivity contribution in [1.82, 2.24) is 5.43 Å². The van der Waals surface area contributed by atoms with E-state index >= 15 is 0 Å². The van der Waals surface area contributed by atoms with Crippen LogP contribution in [-0.4, -0.2) is 29.1 Å². The largest absolute Gasteiger partial charge is 0.478 e. The Balaban J connectivity index is 2.01. The summed E-state index contributed by atoms with van der Waals surface area (Å²) in [5.74, 6) is -2.93. The van der Waals surface area contributed by atoms with Crippen LogP contribution < -0.4 is 10.7 Å². The number of carboxylic acids is 1. The molecule has 0 aliphatic carbocycles. The summed E-state index contributed by atoms with van der Waals surface area (Å²) in [6, 6.07) is 11.7. The predicted molar refractivity (Wildman–Crippen MR) is 93.7 cm³/mol. The maximum Gasteiger partial charge on any atom is 0.336 e. The minimum Gasteiger partial charge on any atom is -0.478 e. The Hall–Kier alpha value is -3.48. The molecule has 0 radical (unpaired) electrons. The van der Waals surface area contributed by atoms with Gasteiger partial charge >= 0.3 is 17.8 Å². The van der Waals surface area contributed by atoms with E-state index in [9.17, 15) is 14.4 Å². The third-order valence-electron chi connectivity index (χ3n) is 3.41. The standard InChI is InChI=1S/C18H17N3O4/c1-11-7-8-12(2)15(9-11)20-16(22)17(23)21-19-10-13-5-3-4-6-14(13)18(24)25/h3-10H,1-2H3,(H,20,22)(H,21,23)(H,24,25). The number of aromatic carboxylic acids is 1. The molecule has 0 atom stereocenters. The normalized spacial score (nSPS) is 10.5. The van der Waals surface area contributed by atoms with Crippen LogP contribution in [0.3, 0.4) is 0 Å². The Morgan fingerprint density at radius 3 is 2.48 bits per heavy atom. The third-order valence-corrected chi connectivity index (χ3v) is 3.41. The van der Waals surface area contributed by atoms with Gasteiger partial charge < -0.3 is 10.4 Å². The van der Waals surface area contributed by atoms with E-state index in [1.165, 1.54) is 18.3 Å². The van der Waals surface area contributed by atoms with Gasteiger partial charge in [0.25, 0.3) is 0 Å². The fourth-order valence-electron chi connectivity index (χ4n) is 2.07. The highest BCUT2D eigenvalue weighted by Crippen LogP contribution is 2.16. The molecule has 25 heavy (non-hydrogen) atoms. The molecule has 128 valence electrons. The molecule has 0 fully saturated rings. The Morgan fingerprint density at radius 2 is 1.76 bits per heavy atom. The first kappa shape index (κ1) is 17.9. The molecular weight excluding hydrogens is 322 g/mol. The topological polar surface area (TPSA) is 108 Å². The van der Waals surface area contributed by atoms with Crippen LogP contribution >= 0.6 is 0 Å². The minimum atomic E-state index is -1.11. The summed E-state index contributed by atoms with van der Waals surface area (Å²) in [5.41, 5.74) is 4.74. The minimum absolute atomic E-state index is 0.0420. The summed E-state index contributed by atoms with van der Waals surface area (Å²) in [7, 11) is 0. The van der Waals surface area contributed by atoms with Crippen LogP contribution in [0.15, 0.2) is 47.6 Å². The number of aryl methyl sites for hydroxylation is 2. The van der Waals surface area contributed by atoms with Gasteiger partial charge in [-0.3, -0.25) is 9.59 Å². The highest BCUT2D eigenvalue weighted by atomic mass is 16.4. The van der Waals surface area contributed by atoms with Gasteiger partial charge in [0.2, 0.25) is 0 Å². The average Bonchev–Trinajstić information content (AvgIpc) is 2.58. The lowest BCUT2D eigenvalue weighted by Crippen LogP contribution is -2.32. The molecule has 3 N–H and O–H groups in total. The van der Waals surface area contributed by atoms with E-state index in [0.29, 0.717) is 11.3 Å². The van der Waals surface area contributed by atoms with E-state index in [1.807, 2.05) is 26.0 Å². The van der Waals surface area contributed by atoms with Crippen LogP contribution in [0.25, 0.3) is 0 Å².